The zero-order valence-corrected chi connectivity index (χ0v) is 14.8. The minimum atomic E-state index is -3.64. The summed E-state index contributed by atoms with van der Waals surface area (Å²) in [6.07, 6.45) is 3.57. The van der Waals surface area contributed by atoms with E-state index in [1.165, 1.54) is 25.0 Å². The summed E-state index contributed by atoms with van der Waals surface area (Å²) in [6, 6.07) is 6.19. The second-order valence-electron chi connectivity index (χ2n) is 5.75. The topological polar surface area (TPSA) is 98.6 Å². The van der Waals surface area contributed by atoms with Crippen molar-refractivity contribution in [2.24, 2.45) is 16.8 Å². The van der Waals surface area contributed by atoms with Crippen molar-refractivity contribution in [1.82, 2.24) is 4.90 Å². The van der Waals surface area contributed by atoms with Gasteiger partial charge in [-0.25, -0.2) is 13.6 Å². The van der Waals surface area contributed by atoms with Crippen molar-refractivity contribution in [1.29, 1.82) is 0 Å². The van der Waals surface area contributed by atoms with Crippen molar-refractivity contribution >= 4 is 22.4 Å². The van der Waals surface area contributed by atoms with E-state index >= 15 is 0 Å². The van der Waals surface area contributed by atoms with Gasteiger partial charge in [0.2, 0.25) is 10.0 Å². The van der Waals surface area contributed by atoms with Crippen molar-refractivity contribution in [3.8, 4) is 5.75 Å². The summed E-state index contributed by atoms with van der Waals surface area (Å²) in [4.78, 5) is 2.50. The molecule has 1 aromatic rings. The Morgan fingerprint density at radius 2 is 1.96 bits per heavy atom. The summed E-state index contributed by atoms with van der Waals surface area (Å²) >= 11 is 0. The van der Waals surface area contributed by atoms with E-state index in [2.05, 4.69) is 4.90 Å². The highest BCUT2D eigenvalue weighted by Crippen LogP contribution is 2.19. The van der Waals surface area contributed by atoms with Crippen molar-refractivity contribution < 1.29 is 13.2 Å². The molecule has 1 aliphatic rings. The zero-order valence-electron chi connectivity index (χ0n) is 13.2. The number of likely N-dealkylation sites (tertiary alicyclic amines) is 1. The van der Waals surface area contributed by atoms with E-state index in [0.717, 1.165) is 32.6 Å². The number of ether oxygens (including phenoxy) is 1. The van der Waals surface area contributed by atoms with Crippen molar-refractivity contribution in [3.63, 3.8) is 0 Å². The second-order valence-corrected chi connectivity index (χ2v) is 7.31. The lowest BCUT2D eigenvalue weighted by molar-refractivity contribution is 0.144. The van der Waals surface area contributed by atoms with Crippen LogP contribution in [0.25, 0.3) is 0 Å². The van der Waals surface area contributed by atoms with E-state index < -0.39 is 10.0 Å². The lowest BCUT2D eigenvalue weighted by Crippen LogP contribution is -2.38. The summed E-state index contributed by atoms with van der Waals surface area (Å²) in [5.41, 5.74) is 5.63. The molecule has 1 saturated heterocycles. The van der Waals surface area contributed by atoms with Crippen LogP contribution in [0.5, 0.6) is 5.75 Å². The molecule has 0 aliphatic carbocycles. The van der Waals surface area contributed by atoms with Crippen LogP contribution >= 0.6 is 12.4 Å². The highest BCUT2D eigenvalue weighted by Gasteiger charge is 2.18. The molecule has 1 unspecified atom stereocenters. The molecule has 2 rings (SSSR count). The summed E-state index contributed by atoms with van der Waals surface area (Å²) < 4.78 is 28.0. The van der Waals surface area contributed by atoms with Gasteiger partial charge in [0.1, 0.15) is 12.4 Å². The molecular weight excluding hydrogens is 338 g/mol. The number of primary sulfonamides is 1. The van der Waals surface area contributed by atoms with Gasteiger partial charge >= 0.3 is 0 Å². The van der Waals surface area contributed by atoms with Crippen LogP contribution in [0.2, 0.25) is 0 Å². The standard InChI is InChI=1S/C15H25N3O3S.ClH/c16-8-7-13-2-1-9-18(12-13)10-11-21-14-3-5-15(6-4-14)22(17,19)20;/h3-6,13H,1-2,7-12,16H2,(H2,17,19,20);1H. The van der Waals surface area contributed by atoms with Crippen LogP contribution in [0.15, 0.2) is 29.2 Å². The third-order valence-corrected chi connectivity index (χ3v) is 4.94. The second kappa shape index (κ2) is 9.44. The number of sulfonamides is 1. The average Bonchev–Trinajstić information content (AvgIpc) is 2.48. The maximum Gasteiger partial charge on any atom is 0.238 e. The van der Waals surface area contributed by atoms with Crippen LogP contribution < -0.4 is 15.6 Å². The molecule has 23 heavy (non-hydrogen) atoms. The number of hydrogen-bond acceptors (Lipinski definition) is 5. The fraction of sp³-hybridized carbons (Fsp3) is 0.600. The van der Waals surface area contributed by atoms with E-state index in [1.54, 1.807) is 12.1 Å². The first kappa shape index (κ1) is 20.2. The minimum Gasteiger partial charge on any atom is -0.492 e. The monoisotopic (exact) mass is 363 g/mol. The van der Waals surface area contributed by atoms with E-state index in [-0.39, 0.29) is 17.3 Å². The van der Waals surface area contributed by atoms with Gasteiger partial charge in [-0.2, -0.15) is 0 Å². The fourth-order valence-corrected chi connectivity index (χ4v) is 3.36. The van der Waals surface area contributed by atoms with Crippen molar-refractivity contribution in [3.05, 3.63) is 24.3 Å². The molecule has 132 valence electrons. The van der Waals surface area contributed by atoms with E-state index in [1.807, 2.05) is 0 Å². The molecule has 1 atom stereocenters. The summed E-state index contributed by atoms with van der Waals surface area (Å²) in [5.74, 6) is 1.36. The molecule has 0 bridgehead atoms. The number of hydrogen-bond donors (Lipinski definition) is 2. The molecule has 0 radical (unpaired) electrons. The van der Waals surface area contributed by atoms with Gasteiger partial charge in [0.15, 0.2) is 0 Å². The van der Waals surface area contributed by atoms with Gasteiger partial charge in [0, 0.05) is 13.1 Å². The molecule has 0 saturated carbocycles. The Kier molecular flexibility index (Phi) is 8.28. The molecule has 1 heterocycles. The van der Waals surface area contributed by atoms with E-state index in [0.29, 0.717) is 18.3 Å². The van der Waals surface area contributed by atoms with Gasteiger partial charge in [-0.1, -0.05) is 0 Å². The Bertz CT molecular complexity index is 564. The van der Waals surface area contributed by atoms with Crippen molar-refractivity contribution in [2.45, 2.75) is 24.2 Å². The molecule has 1 aromatic carbocycles. The van der Waals surface area contributed by atoms with Gasteiger partial charge in [0.25, 0.3) is 0 Å². The lowest BCUT2D eigenvalue weighted by Gasteiger charge is -2.32. The van der Waals surface area contributed by atoms with Crippen LogP contribution in [-0.4, -0.2) is 46.1 Å². The van der Waals surface area contributed by atoms with Crippen LogP contribution in [0.1, 0.15) is 19.3 Å². The quantitative estimate of drug-likeness (QED) is 0.758. The Morgan fingerprint density at radius 1 is 1.26 bits per heavy atom. The maximum absolute atomic E-state index is 11.2. The van der Waals surface area contributed by atoms with Gasteiger partial charge < -0.3 is 10.5 Å². The number of halogens is 1. The van der Waals surface area contributed by atoms with Crippen LogP contribution in [0.4, 0.5) is 0 Å². The van der Waals surface area contributed by atoms with Gasteiger partial charge in [-0.15, -0.1) is 12.4 Å². The zero-order chi connectivity index (χ0) is 16.0. The largest absolute Gasteiger partial charge is 0.492 e. The number of rotatable bonds is 7. The lowest BCUT2D eigenvalue weighted by atomic mass is 9.95. The highest BCUT2D eigenvalue weighted by atomic mass is 35.5. The molecule has 1 fully saturated rings. The SMILES string of the molecule is Cl.NCCC1CCCN(CCOc2ccc(S(N)(=O)=O)cc2)C1. The smallest absolute Gasteiger partial charge is 0.238 e. The predicted molar refractivity (Wildman–Crippen MR) is 93.4 cm³/mol. The summed E-state index contributed by atoms with van der Waals surface area (Å²) in [5, 5.41) is 5.06. The first-order valence-corrected chi connectivity index (χ1v) is 9.22. The third kappa shape index (κ3) is 6.64. The molecule has 4 N–H and O–H groups in total. The van der Waals surface area contributed by atoms with Crippen LogP contribution in [-0.2, 0) is 10.0 Å². The molecular formula is C15H26ClN3O3S. The number of piperidine rings is 1. The molecule has 6 nitrogen and oxygen atoms in total. The molecule has 1 aliphatic heterocycles. The Hall–Kier alpha value is -0.860. The molecule has 0 aromatic heterocycles. The number of benzene rings is 1. The Balaban J connectivity index is 0.00000264. The Labute approximate surface area is 144 Å². The fourth-order valence-electron chi connectivity index (χ4n) is 2.84. The molecule has 0 spiro atoms. The number of nitrogens with zero attached hydrogens (tertiary/aromatic N) is 1. The predicted octanol–water partition coefficient (Wildman–Crippen LogP) is 1.20. The van der Waals surface area contributed by atoms with Crippen molar-refractivity contribution in [2.75, 3.05) is 32.8 Å². The maximum atomic E-state index is 11.2. The molecule has 8 heteroatoms. The minimum absolute atomic E-state index is 0. The van der Waals surface area contributed by atoms with Gasteiger partial charge in [0.05, 0.1) is 4.90 Å². The Morgan fingerprint density at radius 3 is 2.57 bits per heavy atom. The van der Waals surface area contributed by atoms with Crippen LogP contribution in [0.3, 0.4) is 0 Å². The third-order valence-electron chi connectivity index (χ3n) is 4.01. The first-order chi connectivity index (χ1) is 10.5. The summed E-state index contributed by atoms with van der Waals surface area (Å²) in [7, 11) is -3.64. The average molecular weight is 364 g/mol. The van der Waals surface area contributed by atoms with Gasteiger partial charge in [-0.05, 0) is 62.5 Å². The van der Waals surface area contributed by atoms with E-state index in [9.17, 15) is 8.42 Å². The number of nitrogens with two attached hydrogens (primary N) is 2. The van der Waals surface area contributed by atoms with Crippen LogP contribution in [0, 0.1) is 5.92 Å². The first-order valence-electron chi connectivity index (χ1n) is 7.67. The highest BCUT2D eigenvalue weighted by molar-refractivity contribution is 7.89. The normalized spacial score (nSPS) is 19.1. The van der Waals surface area contributed by atoms with E-state index in [4.69, 9.17) is 15.6 Å². The van der Waals surface area contributed by atoms with Gasteiger partial charge in [-0.3, -0.25) is 4.90 Å². The molecule has 0 amide bonds. The summed E-state index contributed by atoms with van der Waals surface area (Å²) in [6.45, 7) is 4.41.